The third kappa shape index (κ3) is 4.31. The number of nitrogens with one attached hydrogen (secondary N) is 1. The van der Waals surface area contributed by atoms with Crippen LogP contribution in [0.15, 0.2) is 65.7 Å². The number of amides is 1. The van der Waals surface area contributed by atoms with Crippen LogP contribution in [0.25, 0.3) is 0 Å². The summed E-state index contributed by atoms with van der Waals surface area (Å²) in [6, 6.07) is 14.8. The van der Waals surface area contributed by atoms with Crippen molar-refractivity contribution >= 4 is 39.0 Å². The van der Waals surface area contributed by atoms with E-state index in [4.69, 9.17) is 11.6 Å². The van der Waals surface area contributed by atoms with Gasteiger partial charge in [-0.25, -0.2) is 13.1 Å². The lowest BCUT2D eigenvalue weighted by Crippen LogP contribution is -2.27. The zero-order valence-electron chi connectivity index (χ0n) is 17.2. The second kappa shape index (κ2) is 8.36. The van der Waals surface area contributed by atoms with Crippen molar-refractivity contribution in [1.82, 2.24) is 9.78 Å². The lowest BCUT2D eigenvalue weighted by molar-refractivity contribution is 0.102. The third-order valence-corrected chi connectivity index (χ3v) is 7.82. The molecule has 1 saturated carbocycles. The van der Waals surface area contributed by atoms with Crippen LogP contribution in [0.2, 0.25) is 5.02 Å². The molecule has 1 heterocycles. The van der Waals surface area contributed by atoms with Crippen LogP contribution < -0.4 is 9.62 Å². The highest BCUT2D eigenvalue weighted by Crippen LogP contribution is 2.40. The lowest BCUT2D eigenvalue weighted by atomic mass is 10.2. The summed E-state index contributed by atoms with van der Waals surface area (Å²) >= 11 is 6.22. The molecule has 0 spiro atoms. The molecule has 0 saturated heterocycles. The van der Waals surface area contributed by atoms with E-state index in [1.54, 1.807) is 47.3 Å². The standard InChI is InChI=1S/C22H23ClN4O3S/c1-15(16-8-9-16)27-21(12-13-24-27)25-22(28)17-10-11-19(23)20(14-17)31(29,30)26(2)18-6-4-3-5-7-18/h3-7,10-16H,8-9H2,1-2H3,(H,25,28)/t15-/m1/s1. The first-order chi connectivity index (χ1) is 14.8. The molecule has 1 aromatic heterocycles. The Morgan fingerprint density at radius 3 is 2.58 bits per heavy atom. The maximum absolute atomic E-state index is 13.2. The van der Waals surface area contributed by atoms with E-state index >= 15 is 0 Å². The first-order valence-corrected chi connectivity index (χ1v) is 11.8. The molecular weight excluding hydrogens is 436 g/mol. The largest absolute Gasteiger partial charge is 0.307 e. The van der Waals surface area contributed by atoms with Crippen LogP contribution in [0.1, 0.15) is 36.2 Å². The van der Waals surface area contributed by atoms with E-state index < -0.39 is 15.9 Å². The number of carbonyl (C=O) groups excluding carboxylic acids is 1. The second-order valence-electron chi connectivity index (χ2n) is 7.65. The third-order valence-electron chi connectivity index (χ3n) is 5.55. The number of para-hydroxylation sites is 1. The highest BCUT2D eigenvalue weighted by Gasteiger charge is 2.31. The van der Waals surface area contributed by atoms with Crippen LogP contribution in [-0.4, -0.2) is 31.2 Å². The van der Waals surface area contributed by atoms with E-state index in [-0.39, 0.29) is 21.5 Å². The predicted molar refractivity (Wildman–Crippen MR) is 121 cm³/mol. The summed E-state index contributed by atoms with van der Waals surface area (Å²) in [5.41, 5.74) is 0.683. The SMILES string of the molecule is C[C@H](C1CC1)n1nccc1NC(=O)c1ccc(Cl)c(S(=O)(=O)N(C)c2ccccc2)c1. The van der Waals surface area contributed by atoms with Crippen molar-refractivity contribution < 1.29 is 13.2 Å². The molecular formula is C22H23ClN4O3S. The molecule has 1 amide bonds. The molecule has 0 aliphatic heterocycles. The minimum atomic E-state index is -3.96. The molecule has 1 aliphatic carbocycles. The number of nitrogens with zero attached hydrogens (tertiary/aromatic N) is 3. The molecule has 7 nitrogen and oxygen atoms in total. The summed E-state index contributed by atoms with van der Waals surface area (Å²) in [5.74, 6) is 0.710. The zero-order valence-corrected chi connectivity index (χ0v) is 18.8. The van der Waals surface area contributed by atoms with Gasteiger partial charge in [0, 0.05) is 18.7 Å². The number of aromatic nitrogens is 2. The summed E-state index contributed by atoms with van der Waals surface area (Å²) in [6.45, 7) is 2.08. The second-order valence-corrected chi connectivity index (χ2v) is 9.99. The summed E-state index contributed by atoms with van der Waals surface area (Å²) in [4.78, 5) is 12.8. The van der Waals surface area contributed by atoms with Crippen molar-refractivity contribution in [2.75, 3.05) is 16.7 Å². The smallest absolute Gasteiger partial charge is 0.265 e. The van der Waals surface area contributed by atoms with Gasteiger partial charge in [-0.1, -0.05) is 29.8 Å². The Labute approximate surface area is 186 Å². The van der Waals surface area contributed by atoms with E-state index in [9.17, 15) is 13.2 Å². The monoisotopic (exact) mass is 458 g/mol. The molecule has 1 aliphatic rings. The predicted octanol–water partition coefficient (Wildman–Crippen LogP) is 4.58. The quantitative estimate of drug-likeness (QED) is 0.561. The number of carbonyl (C=O) groups is 1. The minimum Gasteiger partial charge on any atom is -0.307 e. The Morgan fingerprint density at radius 1 is 1.19 bits per heavy atom. The number of hydrogen-bond donors (Lipinski definition) is 1. The summed E-state index contributed by atoms with van der Waals surface area (Å²) < 4.78 is 29.3. The van der Waals surface area contributed by atoms with E-state index in [2.05, 4.69) is 17.3 Å². The van der Waals surface area contributed by atoms with Gasteiger partial charge in [-0.3, -0.25) is 9.10 Å². The molecule has 0 radical (unpaired) electrons. The van der Waals surface area contributed by atoms with Gasteiger partial charge < -0.3 is 5.32 Å². The van der Waals surface area contributed by atoms with Crippen molar-refractivity contribution in [3.05, 3.63) is 71.4 Å². The molecule has 0 bridgehead atoms. The van der Waals surface area contributed by atoms with Gasteiger partial charge in [0.05, 0.1) is 22.9 Å². The fraction of sp³-hybridized carbons (Fsp3) is 0.273. The van der Waals surface area contributed by atoms with Gasteiger partial charge in [0.15, 0.2) is 0 Å². The van der Waals surface area contributed by atoms with E-state index in [0.717, 1.165) is 17.1 Å². The van der Waals surface area contributed by atoms with Crippen LogP contribution in [0, 0.1) is 5.92 Å². The van der Waals surface area contributed by atoms with Crippen molar-refractivity contribution in [3.63, 3.8) is 0 Å². The van der Waals surface area contributed by atoms with E-state index in [0.29, 0.717) is 17.4 Å². The summed E-state index contributed by atoms with van der Waals surface area (Å²) in [7, 11) is -2.51. The van der Waals surface area contributed by atoms with Gasteiger partial charge in [-0.15, -0.1) is 0 Å². The number of rotatable bonds is 7. The first kappa shape index (κ1) is 21.4. The minimum absolute atomic E-state index is 0.0479. The van der Waals surface area contributed by atoms with E-state index in [1.807, 2.05) is 0 Å². The van der Waals surface area contributed by atoms with Gasteiger partial charge in [0.1, 0.15) is 10.7 Å². The fourth-order valence-electron chi connectivity index (χ4n) is 3.47. The van der Waals surface area contributed by atoms with Crippen molar-refractivity contribution in [1.29, 1.82) is 0 Å². The average Bonchev–Trinajstić information content (AvgIpc) is 3.52. The molecule has 1 N–H and O–H groups in total. The van der Waals surface area contributed by atoms with Gasteiger partial charge in [0.2, 0.25) is 0 Å². The lowest BCUT2D eigenvalue weighted by Gasteiger charge is -2.20. The number of halogens is 1. The fourth-order valence-corrected chi connectivity index (χ4v) is 5.17. The highest BCUT2D eigenvalue weighted by atomic mass is 35.5. The summed E-state index contributed by atoms with van der Waals surface area (Å²) in [6.07, 6.45) is 3.95. The van der Waals surface area contributed by atoms with Crippen LogP contribution >= 0.6 is 11.6 Å². The Morgan fingerprint density at radius 2 is 1.90 bits per heavy atom. The van der Waals surface area contributed by atoms with Gasteiger partial charge in [-0.05, 0) is 56.0 Å². The highest BCUT2D eigenvalue weighted by molar-refractivity contribution is 7.93. The molecule has 1 fully saturated rings. The zero-order chi connectivity index (χ0) is 22.2. The van der Waals surface area contributed by atoms with Crippen LogP contribution in [0.5, 0.6) is 0 Å². The Kier molecular flexibility index (Phi) is 5.77. The number of hydrogen-bond acceptors (Lipinski definition) is 4. The maximum atomic E-state index is 13.2. The molecule has 162 valence electrons. The normalized spacial score (nSPS) is 14.8. The first-order valence-electron chi connectivity index (χ1n) is 9.97. The summed E-state index contributed by atoms with van der Waals surface area (Å²) in [5, 5.41) is 7.22. The number of anilines is 2. The van der Waals surface area contributed by atoms with Crippen LogP contribution in [0.4, 0.5) is 11.5 Å². The van der Waals surface area contributed by atoms with Gasteiger partial charge in [0.25, 0.3) is 15.9 Å². The van der Waals surface area contributed by atoms with Gasteiger partial charge >= 0.3 is 0 Å². The number of benzene rings is 2. The van der Waals surface area contributed by atoms with Crippen LogP contribution in [0.3, 0.4) is 0 Å². The Bertz CT molecular complexity index is 1210. The molecule has 9 heteroatoms. The number of sulfonamides is 1. The van der Waals surface area contributed by atoms with Crippen LogP contribution in [-0.2, 0) is 10.0 Å². The molecule has 3 aromatic rings. The molecule has 2 aromatic carbocycles. The molecule has 4 rings (SSSR count). The molecule has 0 unspecified atom stereocenters. The molecule has 31 heavy (non-hydrogen) atoms. The Balaban J connectivity index is 1.61. The van der Waals surface area contributed by atoms with Gasteiger partial charge in [-0.2, -0.15) is 5.10 Å². The average molecular weight is 459 g/mol. The van der Waals surface area contributed by atoms with Crippen molar-refractivity contribution in [2.45, 2.75) is 30.7 Å². The van der Waals surface area contributed by atoms with Crippen molar-refractivity contribution in [3.8, 4) is 0 Å². The van der Waals surface area contributed by atoms with E-state index in [1.165, 1.54) is 25.2 Å². The topological polar surface area (TPSA) is 84.3 Å². The van der Waals surface area contributed by atoms with Crippen molar-refractivity contribution in [2.24, 2.45) is 5.92 Å². The molecule has 1 atom stereocenters. The maximum Gasteiger partial charge on any atom is 0.265 e. The Hall–Kier alpha value is -2.84.